The summed E-state index contributed by atoms with van der Waals surface area (Å²) in [5.74, 6) is 0.576. The van der Waals surface area contributed by atoms with Gasteiger partial charge in [-0.2, -0.15) is 0 Å². The molecule has 1 aromatic rings. The first-order valence-corrected chi connectivity index (χ1v) is 8.33. The van der Waals surface area contributed by atoms with E-state index in [0.29, 0.717) is 18.7 Å². The van der Waals surface area contributed by atoms with Crippen molar-refractivity contribution in [3.05, 3.63) is 24.3 Å². The molecule has 0 N–H and O–H groups in total. The molecule has 0 aromatic heterocycles. The molecule has 1 fully saturated rings. The van der Waals surface area contributed by atoms with Crippen molar-refractivity contribution >= 4 is 17.5 Å². The van der Waals surface area contributed by atoms with Crippen molar-refractivity contribution in [2.75, 3.05) is 31.6 Å². The average molecular weight is 318 g/mol. The first-order chi connectivity index (χ1) is 11.1. The summed E-state index contributed by atoms with van der Waals surface area (Å²) in [7, 11) is 1.60. The van der Waals surface area contributed by atoms with Crippen LogP contribution in [0.25, 0.3) is 0 Å². The topological polar surface area (TPSA) is 49.9 Å². The van der Waals surface area contributed by atoms with Gasteiger partial charge in [-0.15, -0.1) is 0 Å². The first-order valence-electron chi connectivity index (χ1n) is 8.33. The summed E-state index contributed by atoms with van der Waals surface area (Å²) >= 11 is 0. The summed E-state index contributed by atoms with van der Waals surface area (Å²) < 4.78 is 5.21. The first kappa shape index (κ1) is 17.3. The van der Waals surface area contributed by atoms with Crippen LogP contribution in [0.4, 0.5) is 5.69 Å². The molecule has 5 heteroatoms. The van der Waals surface area contributed by atoms with E-state index in [1.54, 1.807) is 12.0 Å². The van der Waals surface area contributed by atoms with Gasteiger partial charge in [0.2, 0.25) is 11.8 Å². The highest BCUT2D eigenvalue weighted by atomic mass is 16.5. The zero-order valence-electron chi connectivity index (χ0n) is 14.2. The second-order valence-electron chi connectivity index (χ2n) is 5.93. The van der Waals surface area contributed by atoms with Gasteiger partial charge in [-0.25, -0.2) is 0 Å². The fourth-order valence-corrected chi connectivity index (χ4v) is 3.03. The Labute approximate surface area is 138 Å². The molecular formula is C18H26N2O3. The van der Waals surface area contributed by atoms with Crippen LogP contribution in [0.2, 0.25) is 0 Å². The standard InChI is InChI=1S/C18H26N2O3/c1-4-9-19(10-5-2)18(22)14-11-17(21)20(13-14)15-7-6-8-16(12-15)23-3/h6-8,12,14H,4-5,9-11,13H2,1-3H3. The molecule has 0 bridgehead atoms. The SMILES string of the molecule is CCCN(CCC)C(=O)C1CC(=O)N(c2cccc(OC)c2)C1. The van der Waals surface area contributed by atoms with Crippen molar-refractivity contribution < 1.29 is 14.3 Å². The molecule has 126 valence electrons. The maximum Gasteiger partial charge on any atom is 0.228 e. The van der Waals surface area contributed by atoms with Crippen LogP contribution in [0.15, 0.2) is 24.3 Å². The minimum Gasteiger partial charge on any atom is -0.497 e. The third kappa shape index (κ3) is 4.03. The molecule has 1 aliphatic heterocycles. The number of nitrogens with zero attached hydrogens (tertiary/aromatic N) is 2. The summed E-state index contributed by atoms with van der Waals surface area (Å²) in [5.41, 5.74) is 0.794. The molecule has 1 saturated heterocycles. The quantitative estimate of drug-likeness (QED) is 0.776. The molecule has 0 radical (unpaired) electrons. The van der Waals surface area contributed by atoms with Gasteiger partial charge in [-0.1, -0.05) is 19.9 Å². The molecule has 1 aliphatic rings. The lowest BCUT2D eigenvalue weighted by Gasteiger charge is -2.24. The predicted molar refractivity (Wildman–Crippen MR) is 90.6 cm³/mol. The van der Waals surface area contributed by atoms with Crippen LogP contribution in [0.3, 0.4) is 0 Å². The van der Waals surface area contributed by atoms with E-state index in [2.05, 4.69) is 13.8 Å². The van der Waals surface area contributed by atoms with Crippen molar-refractivity contribution in [2.24, 2.45) is 5.92 Å². The fourth-order valence-electron chi connectivity index (χ4n) is 3.03. The Morgan fingerprint density at radius 2 is 2.00 bits per heavy atom. The van der Waals surface area contributed by atoms with Gasteiger partial charge in [-0.05, 0) is 25.0 Å². The predicted octanol–water partition coefficient (Wildman–Crippen LogP) is 2.70. The molecule has 5 nitrogen and oxygen atoms in total. The molecule has 0 spiro atoms. The summed E-state index contributed by atoms with van der Waals surface area (Å²) in [5, 5.41) is 0. The lowest BCUT2D eigenvalue weighted by atomic mass is 10.1. The molecule has 1 unspecified atom stereocenters. The molecule has 1 aromatic carbocycles. The fraction of sp³-hybridized carbons (Fsp3) is 0.556. The largest absolute Gasteiger partial charge is 0.497 e. The minimum atomic E-state index is -0.244. The van der Waals surface area contributed by atoms with E-state index in [0.717, 1.165) is 31.6 Å². The zero-order valence-corrected chi connectivity index (χ0v) is 14.2. The van der Waals surface area contributed by atoms with E-state index in [-0.39, 0.29) is 17.7 Å². The number of carbonyl (C=O) groups is 2. The number of ether oxygens (including phenoxy) is 1. The van der Waals surface area contributed by atoms with Crippen LogP contribution in [0.5, 0.6) is 5.75 Å². The molecule has 2 amide bonds. The van der Waals surface area contributed by atoms with Crippen LogP contribution in [0, 0.1) is 5.92 Å². The molecule has 0 saturated carbocycles. The number of benzene rings is 1. The van der Waals surface area contributed by atoms with Gasteiger partial charge >= 0.3 is 0 Å². The number of methoxy groups -OCH3 is 1. The summed E-state index contributed by atoms with van der Waals surface area (Å²) in [6, 6.07) is 7.41. The highest BCUT2D eigenvalue weighted by Gasteiger charge is 2.36. The Balaban J connectivity index is 2.10. The van der Waals surface area contributed by atoms with Crippen LogP contribution >= 0.6 is 0 Å². The molecule has 2 rings (SSSR count). The highest BCUT2D eigenvalue weighted by Crippen LogP contribution is 2.28. The molecule has 0 aliphatic carbocycles. The number of hydrogen-bond donors (Lipinski definition) is 0. The van der Waals surface area contributed by atoms with Crippen LogP contribution in [-0.2, 0) is 9.59 Å². The molecular weight excluding hydrogens is 292 g/mol. The van der Waals surface area contributed by atoms with Crippen LogP contribution in [0.1, 0.15) is 33.1 Å². The third-order valence-corrected chi connectivity index (χ3v) is 4.14. The van der Waals surface area contributed by atoms with E-state index >= 15 is 0 Å². The Morgan fingerprint density at radius 3 is 2.61 bits per heavy atom. The van der Waals surface area contributed by atoms with E-state index in [4.69, 9.17) is 4.74 Å². The lowest BCUT2D eigenvalue weighted by Crippen LogP contribution is -2.38. The van der Waals surface area contributed by atoms with Crippen molar-refractivity contribution in [3.8, 4) is 5.75 Å². The number of rotatable bonds is 7. The van der Waals surface area contributed by atoms with Gasteiger partial charge in [-0.3, -0.25) is 9.59 Å². The van der Waals surface area contributed by atoms with Gasteiger partial charge in [0, 0.05) is 37.8 Å². The molecule has 1 atom stereocenters. The second-order valence-corrected chi connectivity index (χ2v) is 5.93. The van der Waals surface area contributed by atoms with Crippen LogP contribution in [-0.4, -0.2) is 43.5 Å². The van der Waals surface area contributed by atoms with Gasteiger partial charge in [0.25, 0.3) is 0 Å². The number of amides is 2. The van der Waals surface area contributed by atoms with Gasteiger partial charge in [0.1, 0.15) is 5.75 Å². The Hall–Kier alpha value is -2.04. The third-order valence-electron chi connectivity index (χ3n) is 4.14. The molecule has 23 heavy (non-hydrogen) atoms. The zero-order chi connectivity index (χ0) is 16.8. The Kier molecular flexibility index (Phi) is 6.02. The summed E-state index contributed by atoms with van der Waals surface area (Å²) in [6.45, 7) is 6.11. The number of hydrogen-bond acceptors (Lipinski definition) is 3. The highest BCUT2D eigenvalue weighted by molar-refractivity contribution is 6.00. The Morgan fingerprint density at radius 1 is 1.30 bits per heavy atom. The normalized spacial score (nSPS) is 17.4. The van der Waals surface area contributed by atoms with Gasteiger partial charge in [0.05, 0.1) is 13.0 Å². The maximum atomic E-state index is 12.7. The van der Waals surface area contributed by atoms with Crippen molar-refractivity contribution in [1.82, 2.24) is 4.90 Å². The average Bonchev–Trinajstić information content (AvgIpc) is 2.96. The van der Waals surface area contributed by atoms with Crippen LogP contribution < -0.4 is 9.64 Å². The second kappa shape index (κ2) is 7.99. The van der Waals surface area contributed by atoms with E-state index in [9.17, 15) is 9.59 Å². The van der Waals surface area contributed by atoms with E-state index < -0.39 is 0 Å². The van der Waals surface area contributed by atoms with E-state index in [1.165, 1.54) is 0 Å². The van der Waals surface area contributed by atoms with Crippen molar-refractivity contribution in [1.29, 1.82) is 0 Å². The van der Waals surface area contributed by atoms with Crippen molar-refractivity contribution in [2.45, 2.75) is 33.1 Å². The lowest BCUT2D eigenvalue weighted by molar-refractivity contribution is -0.135. The van der Waals surface area contributed by atoms with Gasteiger partial charge < -0.3 is 14.5 Å². The monoisotopic (exact) mass is 318 g/mol. The van der Waals surface area contributed by atoms with E-state index in [1.807, 2.05) is 29.2 Å². The number of carbonyl (C=O) groups excluding carboxylic acids is 2. The Bertz CT molecular complexity index is 553. The minimum absolute atomic E-state index is 0.00421. The maximum absolute atomic E-state index is 12.7. The molecule has 1 heterocycles. The number of anilines is 1. The van der Waals surface area contributed by atoms with Gasteiger partial charge in [0.15, 0.2) is 0 Å². The smallest absolute Gasteiger partial charge is 0.228 e. The summed E-state index contributed by atoms with van der Waals surface area (Å²) in [4.78, 5) is 28.6. The summed E-state index contributed by atoms with van der Waals surface area (Å²) in [6.07, 6.45) is 2.16. The van der Waals surface area contributed by atoms with Crippen molar-refractivity contribution in [3.63, 3.8) is 0 Å².